The van der Waals surface area contributed by atoms with Crippen molar-refractivity contribution in [1.29, 1.82) is 0 Å². The van der Waals surface area contributed by atoms with E-state index in [-0.39, 0.29) is 5.91 Å². The zero-order valence-corrected chi connectivity index (χ0v) is 13.2. The normalized spacial score (nSPS) is 10.4. The maximum absolute atomic E-state index is 11.9. The Kier molecular flexibility index (Phi) is 5.28. The van der Waals surface area contributed by atoms with Crippen molar-refractivity contribution in [2.24, 2.45) is 0 Å². The summed E-state index contributed by atoms with van der Waals surface area (Å²) in [5.41, 5.74) is 10.1. The maximum atomic E-state index is 11.9. The van der Waals surface area contributed by atoms with Gasteiger partial charge in [0.15, 0.2) is 0 Å². The number of rotatable bonds is 5. The topological polar surface area (TPSA) is 55.1 Å². The summed E-state index contributed by atoms with van der Waals surface area (Å²) in [5, 5.41) is 2.92. The predicted octanol–water partition coefficient (Wildman–Crippen LogP) is 3.29. The lowest BCUT2D eigenvalue weighted by Crippen LogP contribution is -2.24. The van der Waals surface area contributed by atoms with Crippen LogP contribution in [0.15, 0.2) is 47.4 Å². The number of hydrogen-bond acceptors (Lipinski definition) is 3. The van der Waals surface area contributed by atoms with Crippen LogP contribution < -0.4 is 11.1 Å². The molecule has 0 bridgehead atoms. The van der Waals surface area contributed by atoms with Crippen LogP contribution in [-0.2, 0) is 11.3 Å². The first kappa shape index (κ1) is 15.4. The summed E-state index contributed by atoms with van der Waals surface area (Å²) in [5.74, 6) is 0.390. The molecule has 0 radical (unpaired) electrons. The highest BCUT2D eigenvalue weighted by Crippen LogP contribution is 2.27. The molecule has 2 rings (SSSR count). The molecule has 3 nitrogen and oxygen atoms in total. The lowest BCUT2D eigenvalue weighted by Gasteiger charge is -2.08. The van der Waals surface area contributed by atoms with Crippen molar-refractivity contribution in [3.63, 3.8) is 0 Å². The molecule has 0 atom stereocenters. The highest BCUT2D eigenvalue weighted by Gasteiger charge is 2.06. The highest BCUT2D eigenvalue weighted by molar-refractivity contribution is 8.00. The average molecular weight is 300 g/mol. The number of anilines is 1. The fourth-order valence-corrected chi connectivity index (χ4v) is 2.76. The van der Waals surface area contributed by atoms with Crippen LogP contribution in [0.5, 0.6) is 0 Å². The van der Waals surface area contributed by atoms with Gasteiger partial charge in [-0.15, -0.1) is 11.8 Å². The van der Waals surface area contributed by atoms with Gasteiger partial charge in [-0.25, -0.2) is 0 Å². The average Bonchev–Trinajstić information content (AvgIpc) is 2.48. The van der Waals surface area contributed by atoms with Gasteiger partial charge in [0.25, 0.3) is 0 Å². The number of aryl methyl sites for hydroxylation is 2. The van der Waals surface area contributed by atoms with E-state index in [4.69, 9.17) is 5.73 Å². The van der Waals surface area contributed by atoms with Crippen LogP contribution in [0.1, 0.15) is 16.7 Å². The molecular formula is C17H20N2OS. The van der Waals surface area contributed by atoms with E-state index in [9.17, 15) is 4.79 Å². The number of amides is 1. The molecule has 1 amide bonds. The van der Waals surface area contributed by atoms with Crippen molar-refractivity contribution < 1.29 is 4.79 Å². The van der Waals surface area contributed by atoms with Crippen molar-refractivity contribution in [1.82, 2.24) is 5.32 Å². The summed E-state index contributed by atoms with van der Waals surface area (Å²) in [4.78, 5) is 12.8. The molecule has 2 aromatic carbocycles. The number of hydrogen-bond donors (Lipinski definition) is 2. The molecule has 3 N–H and O–H groups in total. The Morgan fingerprint density at radius 3 is 2.57 bits per heavy atom. The molecule has 4 heteroatoms. The lowest BCUT2D eigenvalue weighted by atomic mass is 10.1. The van der Waals surface area contributed by atoms with Gasteiger partial charge in [-0.2, -0.15) is 0 Å². The lowest BCUT2D eigenvalue weighted by molar-refractivity contribution is -0.118. The molecule has 0 unspecified atom stereocenters. The van der Waals surface area contributed by atoms with Crippen LogP contribution in [0.4, 0.5) is 5.69 Å². The van der Waals surface area contributed by atoms with Gasteiger partial charge in [0.05, 0.1) is 5.75 Å². The SMILES string of the molecule is Cc1ccc(CNC(=O)CSc2cccc(C)c2N)cc1. The van der Waals surface area contributed by atoms with Gasteiger partial charge in [0, 0.05) is 17.1 Å². The predicted molar refractivity (Wildman–Crippen MR) is 89.3 cm³/mol. The van der Waals surface area contributed by atoms with E-state index in [1.807, 2.05) is 56.3 Å². The Bertz CT molecular complexity index is 623. The quantitative estimate of drug-likeness (QED) is 0.658. The second-order valence-corrected chi connectivity index (χ2v) is 6.05. The van der Waals surface area contributed by atoms with Crippen molar-refractivity contribution in [3.05, 3.63) is 59.2 Å². The van der Waals surface area contributed by atoms with E-state index < -0.39 is 0 Å². The summed E-state index contributed by atoms with van der Waals surface area (Å²) < 4.78 is 0. The molecular weight excluding hydrogens is 280 g/mol. The third-order valence-corrected chi connectivity index (χ3v) is 4.33. The molecule has 0 aromatic heterocycles. The number of benzene rings is 2. The molecule has 0 spiro atoms. The number of para-hydroxylation sites is 1. The number of nitrogens with two attached hydrogens (primary N) is 1. The van der Waals surface area contributed by atoms with E-state index in [0.717, 1.165) is 21.7 Å². The molecule has 0 saturated heterocycles. The monoisotopic (exact) mass is 300 g/mol. The molecule has 0 saturated carbocycles. The molecule has 0 aliphatic heterocycles. The van der Waals surface area contributed by atoms with Gasteiger partial charge in [-0.1, -0.05) is 42.0 Å². The van der Waals surface area contributed by atoms with Crippen LogP contribution in [0.25, 0.3) is 0 Å². The van der Waals surface area contributed by atoms with Gasteiger partial charge in [-0.05, 0) is 31.0 Å². The van der Waals surface area contributed by atoms with Crippen molar-refractivity contribution in [3.8, 4) is 0 Å². The smallest absolute Gasteiger partial charge is 0.230 e. The van der Waals surface area contributed by atoms with E-state index in [0.29, 0.717) is 12.3 Å². The Labute approximate surface area is 129 Å². The van der Waals surface area contributed by atoms with Crippen molar-refractivity contribution in [2.75, 3.05) is 11.5 Å². The summed E-state index contributed by atoms with van der Waals surface area (Å²) in [7, 11) is 0. The molecule has 0 aliphatic rings. The minimum atomic E-state index is 0.0153. The number of thioether (sulfide) groups is 1. The fourth-order valence-electron chi connectivity index (χ4n) is 1.88. The standard InChI is InChI=1S/C17H20N2OS/c1-12-6-8-14(9-7-12)10-19-16(20)11-21-15-5-3-4-13(2)17(15)18/h3-9H,10-11,18H2,1-2H3,(H,19,20). The minimum Gasteiger partial charge on any atom is -0.398 e. The van der Waals surface area contributed by atoms with Gasteiger partial charge in [0.2, 0.25) is 5.91 Å². The number of carbonyl (C=O) groups is 1. The van der Waals surface area contributed by atoms with E-state index >= 15 is 0 Å². The third-order valence-electron chi connectivity index (χ3n) is 3.25. The van der Waals surface area contributed by atoms with Gasteiger partial charge < -0.3 is 11.1 Å². The number of nitrogens with one attached hydrogen (secondary N) is 1. The van der Waals surface area contributed by atoms with E-state index in [2.05, 4.69) is 5.32 Å². The summed E-state index contributed by atoms with van der Waals surface area (Å²) in [6.45, 7) is 4.57. The van der Waals surface area contributed by atoms with E-state index in [1.54, 1.807) is 0 Å². The zero-order valence-electron chi connectivity index (χ0n) is 12.3. The molecule has 21 heavy (non-hydrogen) atoms. The van der Waals surface area contributed by atoms with E-state index in [1.165, 1.54) is 17.3 Å². The van der Waals surface area contributed by atoms with Crippen LogP contribution >= 0.6 is 11.8 Å². The summed E-state index contributed by atoms with van der Waals surface area (Å²) in [6, 6.07) is 14.0. The van der Waals surface area contributed by atoms with Crippen LogP contribution in [0, 0.1) is 13.8 Å². The Balaban J connectivity index is 1.82. The van der Waals surface area contributed by atoms with Crippen LogP contribution in [0.2, 0.25) is 0 Å². The number of carbonyl (C=O) groups excluding carboxylic acids is 1. The first-order chi connectivity index (χ1) is 10.1. The van der Waals surface area contributed by atoms with Crippen molar-refractivity contribution in [2.45, 2.75) is 25.3 Å². The highest BCUT2D eigenvalue weighted by atomic mass is 32.2. The molecule has 0 aliphatic carbocycles. The number of nitrogen functional groups attached to an aromatic ring is 1. The minimum absolute atomic E-state index is 0.0153. The van der Waals surface area contributed by atoms with Gasteiger partial charge in [-0.3, -0.25) is 4.79 Å². The largest absolute Gasteiger partial charge is 0.398 e. The fraction of sp³-hybridized carbons (Fsp3) is 0.235. The summed E-state index contributed by atoms with van der Waals surface area (Å²) >= 11 is 1.47. The first-order valence-electron chi connectivity index (χ1n) is 6.86. The second-order valence-electron chi connectivity index (χ2n) is 5.04. The Morgan fingerprint density at radius 2 is 1.86 bits per heavy atom. The third kappa shape index (κ3) is 4.53. The summed E-state index contributed by atoms with van der Waals surface area (Å²) in [6.07, 6.45) is 0. The second kappa shape index (κ2) is 7.18. The Hall–Kier alpha value is -1.94. The maximum Gasteiger partial charge on any atom is 0.230 e. The molecule has 0 fully saturated rings. The molecule has 2 aromatic rings. The van der Waals surface area contributed by atoms with Crippen LogP contribution in [0.3, 0.4) is 0 Å². The zero-order chi connectivity index (χ0) is 15.2. The van der Waals surface area contributed by atoms with Crippen molar-refractivity contribution >= 4 is 23.4 Å². The Morgan fingerprint density at radius 1 is 1.14 bits per heavy atom. The van der Waals surface area contributed by atoms with Gasteiger partial charge in [0.1, 0.15) is 0 Å². The van der Waals surface area contributed by atoms with Gasteiger partial charge >= 0.3 is 0 Å². The first-order valence-corrected chi connectivity index (χ1v) is 7.85. The molecule has 110 valence electrons. The molecule has 0 heterocycles. The van der Waals surface area contributed by atoms with Crippen LogP contribution in [-0.4, -0.2) is 11.7 Å².